The lowest BCUT2D eigenvalue weighted by molar-refractivity contribution is -0.105. The predicted octanol–water partition coefficient (Wildman–Crippen LogP) is 4.53. The number of benzene rings is 2. The van der Waals surface area contributed by atoms with Crippen LogP contribution in [-0.4, -0.2) is 23.6 Å². The molecular weight excluding hydrogens is 288 g/mol. The van der Waals surface area contributed by atoms with Crippen LogP contribution in [0.3, 0.4) is 0 Å². The normalized spacial score (nSPS) is 19.3. The molecule has 0 spiro atoms. The molecule has 122 valence electrons. The third-order valence-electron chi connectivity index (χ3n) is 3.92. The fraction of sp³-hybridized carbons (Fsp3) is 0.400. The molecule has 0 radical (unpaired) electrons. The molecule has 3 rings (SSSR count). The van der Waals surface area contributed by atoms with Crippen molar-refractivity contribution in [3.63, 3.8) is 0 Å². The summed E-state index contributed by atoms with van der Waals surface area (Å²) in [5.74, 6) is 0.851. The maximum atomic E-state index is 9.77. The van der Waals surface area contributed by atoms with Gasteiger partial charge >= 0.3 is 0 Å². The standard InChI is InChI=1S/C20H24O3/c1-20(2,21)11-10-15-6-7-17-14-18(9-8-16(17)13-15)23-19-5-3-4-12-22-19/h6-11,13-14,19,21H,3-5,12H2,1-2H3. The molecule has 2 aromatic carbocycles. The van der Waals surface area contributed by atoms with E-state index in [9.17, 15) is 5.11 Å². The van der Waals surface area contributed by atoms with E-state index in [1.807, 2.05) is 18.2 Å². The SMILES string of the molecule is CC(C)(O)C=Cc1ccc2cc(OC3CCCCO3)ccc2c1. The molecule has 1 N–H and O–H groups in total. The van der Waals surface area contributed by atoms with Crippen LogP contribution >= 0.6 is 0 Å². The first-order valence-corrected chi connectivity index (χ1v) is 8.23. The minimum Gasteiger partial charge on any atom is -0.465 e. The second-order valence-electron chi connectivity index (χ2n) is 6.67. The molecule has 0 amide bonds. The van der Waals surface area contributed by atoms with E-state index in [1.165, 1.54) is 0 Å². The minimum absolute atomic E-state index is 0.116. The van der Waals surface area contributed by atoms with Gasteiger partial charge in [-0.05, 0) is 61.2 Å². The molecule has 0 bridgehead atoms. The third kappa shape index (κ3) is 4.57. The quantitative estimate of drug-likeness (QED) is 0.901. The van der Waals surface area contributed by atoms with E-state index in [-0.39, 0.29) is 6.29 Å². The molecule has 0 saturated carbocycles. The van der Waals surface area contributed by atoms with Gasteiger partial charge in [-0.1, -0.05) is 30.4 Å². The lowest BCUT2D eigenvalue weighted by Gasteiger charge is -2.23. The number of hydrogen-bond acceptors (Lipinski definition) is 3. The lowest BCUT2D eigenvalue weighted by Crippen LogP contribution is -2.24. The molecule has 0 aliphatic carbocycles. The summed E-state index contributed by atoms with van der Waals surface area (Å²) in [6.07, 6.45) is 6.87. The summed E-state index contributed by atoms with van der Waals surface area (Å²) in [6, 6.07) is 12.3. The van der Waals surface area contributed by atoms with Gasteiger partial charge in [0.05, 0.1) is 12.2 Å². The summed E-state index contributed by atoms with van der Waals surface area (Å²) in [5, 5.41) is 12.1. The van der Waals surface area contributed by atoms with Crippen molar-refractivity contribution in [3.8, 4) is 5.75 Å². The van der Waals surface area contributed by atoms with E-state index >= 15 is 0 Å². The average molecular weight is 312 g/mol. The summed E-state index contributed by atoms with van der Waals surface area (Å²) < 4.78 is 11.5. The van der Waals surface area contributed by atoms with Crippen LogP contribution in [0.25, 0.3) is 16.8 Å². The molecule has 1 aliphatic heterocycles. The summed E-state index contributed by atoms with van der Waals surface area (Å²) in [7, 11) is 0. The van der Waals surface area contributed by atoms with Gasteiger partial charge in [0.15, 0.2) is 6.29 Å². The maximum Gasteiger partial charge on any atom is 0.199 e. The van der Waals surface area contributed by atoms with Gasteiger partial charge in [0.1, 0.15) is 5.75 Å². The fourth-order valence-corrected chi connectivity index (χ4v) is 2.68. The van der Waals surface area contributed by atoms with Crippen molar-refractivity contribution >= 4 is 16.8 Å². The van der Waals surface area contributed by atoms with Crippen molar-refractivity contribution in [2.24, 2.45) is 0 Å². The Labute approximate surface area is 137 Å². The Balaban J connectivity index is 1.77. The van der Waals surface area contributed by atoms with Gasteiger partial charge in [0, 0.05) is 6.42 Å². The molecular formula is C20H24O3. The van der Waals surface area contributed by atoms with Gasteiger partial charge in [-0.3, -0.25) is 0 Å². The predicted molar refractivity (Wildman–Crippen MR) is 93.5 cm³/mol. The van der Waals surface area contributed by atoms with Gasteiger partial charge < -0.3 is 14.6 Å². The number of aliphatic hydroxyl groups is 1. The van der Waals surface area contributed by atoms with Crippen LogP contribution in [0.5, 0.6) is 5.75 Å². The first kappa shape index (κ1) is 16.0. The Hall–Kier alpha value is -1.84. The number of ether oxygens (including phenoxy) is 2. The van der Waals surface area contributed by atoms with Crippen LogP contribution < -0.4 is 4.74 Å². The second kappa shape index (κ2) is 6.73. The van der Waals surface area contributed by atoms with Crippen molar-refractivity contribution in [2.45, 2.75) is 45.0 Å². The molecule has 3 heteroatoms. The molecule has 1 unspecified atom stereocenters. The van der Waals surface area contributed by atoms with Crippen LogP contribution in [0.15, 0.2) is 42.5 Å². The molecule has 0 aromatic heterocycles. The zero-order valence-electron chi connectivity index (χ0n) is 13.8. The second-order valence-corrected chi connectivity index (χ2v) is 6.67. The van der Waals surface area contributed by atoms with Crippen molar-refractivity contribution in [2.75, 3.05) is 6.61 Å². The van der Waals surface area contributed by atoms with Gasteiger partial charge in [-0.25, -0.2) is 0 Å². The van der Waals surface area contributed by atoms with Crippen LogP contribution in [0.4, 0.5) is 0 Å². The molecule has 1 heterocycles. The third-order valence-corrected chi connectivity index (χ3v) is 3.92. The van der Waals surface area contributed by atoms with Crippen molar-refractivity contribution in [1.29, 1.82) is 0 Å². The maximum absolute atomic E-state index is 9.77. The Kier molecular flexibility index (Phi) is 4.69. The number of fused-ring (bicyclic) bond motifs is 1. The molecule has 1 aliphatic rings. The van der Waals surface area contributed by atoms with Gasteiger partial charge in [-0.2, -0.15) is 0 Å². The summed E-state index contributed by atoms with van der Waals surface area (Å²) in [5.41, 5.74) is 0.274. The fourth-order valence-electron chi connectivity index (χ4n) is 2.68. The highest BCUT2D eigenvalue weighted by Gasteiger charge is 2.15. The van der Waals surface area contributed by atoms with Crippen molar-refractivity contribution in [3.05, 3.63) is 48.0 Å². The molecule has 1 saturated heterocycles. The van der Waals surface area contributed by atoms with E-state index < -0.39 is 5.60 Å². The van der Waals surface area contributed by atoms with Gasteiger partial charge in [-0.15, -0.1) is 0 Å². The lowest BCUT2D eigenvalue weighted by atomic mass is 10.0. The van der Waals surface area contributed by atoms with E-state index in [4.69, 9.17) is 9.47 Å². The largest absolute Gasteiger partial charge is 0.465 e. The Morgan fingerprint density at radius 2 is 1.91 bits per heavy atom. The van der Waals surface area contributed by atoms with E-state index in [1.54, 1.807) is 19.9 Å². The number of rotatable bonds is 4. The first-order chi connectivity index (χ1) is 11.0. The van der Waals surface area contributed by atoms with Crippen LogP contribution in [-0.2, 0) is 4.74 Å². The monoisotopic (exact) mass is 312 g/mol. The highest BCUT2D eigenvalue weighted by atomic mass is 16.7. The topological polar surface area (TPSA) is 38.7 Å². The average Bonchev–Trinajstić information content (AvgIpc) is 2.53. The molecule has 2 aromatic rings. The molecule has 3 nitrogen and oxygen atoms in total. The number of hydrogen-bond donors (Lipinski definition) is 1. The van der Waals surface area contributed by atoms with Gasteiger partial charge in [0.25, 0.3) is 0 Å². The van der Waals surface area contributed by atoms with E-state index in [2.05, 4.69) is 24.3 Å². The summed E-state index contributed by atoms with van der Waals surface area (Å²) >= 11 is 0. The minimum atomic E-state index is -0.799. The Bertz CT molecular complexity index is 692. The molecule has 1 fully saturated rings. The van der Waals surface area contributed by atoms with E-state index in [0.29, 0.717) is 0 Å². The van der Waals surface area contributed by atoms with Gasteiger partial charge in [0.2, 0.25) is 0 Å². The zero-order chi connectivity index (χ0) is 16.3. The Morgan fingerprint density at radius 3 is 2.65 bits per heavy atom. The highest BCUT2D eigenvalue weighted by Crippen LogP contribution is 2.25. The van der Waals surface area contributed by atoms with Crippen LogP contribution in [0.1, 0.15) is 38.7 Å². The smallest absolute Gasteiger partial charge is 0.199 e. The molecule has 23 heavy (non-hydrogen) atoms. The first-order valence-electron chi connectivity index (χ1n) is 8.23. The van der Waals surface area contributed by atoms with Crippen molar-refractivity contribution < 1.29 is 14.6 Å². The summed E-state index contributed by atoms with van der Waals surface area (Å²) in [6.45, 7) is 4.32. The zero-order valence-corrected chi connectivity index (χ0v) is 13.8. The van der Waals surface area contributed by atoms with Crippen molar-refractivity contribution in [1.82, 2.24) is 0 Å². The van der Waals surface area contributed by atoms with Crippen LogP contribution in [0.2, 0.25) is 0 Å². The Morgan fingerprint density at radius 1 is 1.13 bits per heavy atom. The van der Waals surface area contributed by atoms with Crippen LogP contribution in [0, 0.1) is 0 Å². The molecule has 1 atom stereocenters. The van der Waals surface area contributed by atoms with E-state index in [0.717, 1.165) is 48.0 Å². The summed E-state index contributed by atoms with van der Waals surface area (Å²) in [4.78, 5) is 0. The highest BCUT2D eigenvalue weighted by molar-refractivity contribution is 5.86.